The Labute approximate surface area is 74.2 Å². The van der Waals surface area contributed by atoms with Crippen molar-refractivity contribution in [2.75, 3.05) is 0 Å². The lowest BCUT2D eigenvalue weighted by atomic mass is 10.2. The summed E-state index contributed by atoms with van der Waals surface area (Å²) in [6.07, 6.45) is 0. The molecule has 0 unspecified atom stereocenters. The third kappa shape index (κ3) is 0.975. The van der Waals surface area contributed by atoms with Gasteiger partial charge in [0.05, 0.1) is 10.9 Å². The number of fused-ring (bicyclic) bond motifs is 1. The molecule has 2 nitrogen and oxygen atoms in total. The first-order valence-corrected chi connectivity index (χ1v) is 4.69. The molecular weight excluding hydrogens is 170 g/mol. The van der Waals surface area contributed by atoms with Crippen LogP contribution in [0.1, 0.15) is 6.92 Å². The standard InChI is InChI=1S/C9H9NOS/c1-2-10-8-6-4-3-5-7(8)9(11)12-10/h3-6H,2H2,1H3. The molecule has 1 aromatic heterocycles. The first-order valence-electron chi connectivity index (χ1n) is 3.92. The van der Waals surface area contributed by atoms with Gasteiger partial charge in [0, 0.05) is 6.54 Å². The van der Waals surface area contributed by atoms with Crippen molar-refractivity contribution in [2.45, 2.75) is 13.5 Å². The molecule has 0 amide bonds. The zero-order valence-electron chi connectivity index (χ0n) is 6.78. The van der Waals surface area contributed by atoms with Gasteiger partial charge in [-0.05, 0) is 30.6 Å². The van der Waals surface area contributed by atoms with Gasteiger partial charge in [0.15, 0.2) is 0 Å². The molecule has 0 bridgehead atoms. The van der Waals surface area contributed by atoms with Gasteiger partial charge in [-0.15, -0.1) is 0 Å². The Kier molecular flexibility index (Phi) is 1.73. The molecule has 0 saturated carbocycles. The van der Waals surface area contributed by atoms with Gasteiger partial charge in [0.2, 0.25) is 0 Å². The monoisotopic (exact) mass is 179 g/mol. The molecule has 0 spiro atoms. The Balaban J connectivity index is 2.91. The summed E-state index contributed by atoms with van der Waals surface area (Å²) in [7, 11) is 0. The average Bonchev–Trinajstić information content (AvgIpc) is 2.44. The third-order valence-corrected chi connectivity index (χ3v) is 2.93. The number of aromatic nitrogens is 1. The first kappa shape index (κ1) is 7.55. The summed E-state index contributed by atoms with van der Waals surface area (Å²) < 4.78 is 2.17. The molecule has 3 heteroatoms. The summed E-state index contributed by atoms with van der Waals surface area (Å²) in [5.74, 6) is 0. The lowest BCUT2D eigenvalue weighted by Crippen LogP contribution is -1.87. The fourth-order valence-corrected chi connectivity index (χ4v) is 2.15. The Hall–Kier alpha value is -1.09. The average molecular weight is 179 g/mol. The highest BCUT2D eigenvalue weighted by Crippen LogP contribution is 2.12. The maximum atomic E-state index is 11.4. The van der Waals surface area contributed by atoms with Crippen LogP contribution >= 0.6 is 11.5 Å². The Bertz CT molecular complexity index is 455. The van der Waals surface area contributed by atoms with Gasteiger partial charge in [-0.2, -0.15) is 0 Å². The zero-order chi connectivity index (χ0) is 8.55. The highest BCUT2D eigenvalue weighted by Gasteiger charge is 2.03. The van der Waals surface area contributed by atoms with Crippen LogP contribution in [0.15, 0.2) is 29.1 Å². The largest absolute Gasteiger partial charge is 0.294 e. The second-order valence-corrected chi connectivity index (χ2v) is 3.58. The number of rotatable bonds is 1. The van der Waals surface area contributed by atoms with Crippen molar-refractivity contribution in [3.63, 3.8) is 0 Å². The molecule has 0 atom stereocenters. The summed E-state index contributed by atoms with van der Waals surface area (Å²) >= 11 is 1.29. The maximum absolute atomic E-state index is 11.4. The van der Waals surface area contributed by atoms with Crippen LogP contribution in [0, 0.1) is 0 Å². The predicted octanol–water partition coefficient (Wildman–Crippen LogP) is 2.08. The number of hydrogen-bond acceptors (Lipinski definition) is 2. The topological polar surface area (TPSA) is 22.0 Å². The van der Waals surface area contributed by atoms with E-state index in [1.807, 2.05) is 35.1 Å². The second kappa shape index (κ2) is 2.75. The summed E-state index contributed by atoms with van der Waals surface area (Å²) in [5, 5.41) is 0.837. The summed E-state index contributed by atoms with van der Waals surface area (Å²) in [4.78, 5) is 11.4. The van der Waals surface area contributed by atoms with E-state index in [0.29, 0.717) is 0 Å². The number of hydrogen-bond donors (Lipinski definition) is 0. The van der Waals surface area contributed by atoms with Crippen molar-refractivity contribution in [1.29, 1.82) is 0 Å². The van der Waals surface area contributed by atoms with E-state index in [9.17, 15) is 4.79 Å². The van der Waals surface area contributed by atoms with E-state index in [0.717, 1.165) is 17.4 Å². The highest BCUT2D eigenvalue weighted by atomic mass is 32.1. The lowest BCUT2D eigenvalue weighted by molar-refractivity contribution is 0.869. The van der Waals surface area contributed by atoms with Crippen LogP contribution < -0.4 is 4.74 Å². The molecule has 0 aliphatic heterocycles. The number of para-hydroxylation sites is 1. The van der Waals surface area contributed by atoms with E-state index in [-0.39, 0.29) is 4.74 Å². The maximum Gasteiger partial charge on any atom is 0.257 e. The molecule has 0 saturated heterocycles. The molecule has 0 radical (unpaired) electrons. The minimum Gasteiger partial charge on any atom is -0.294 e. The minimum absolute atomic E-state index is 0.160. The van der Waals surface area contributed by atoms with E-state index < -0.39 is 0 Å². The smallest absolute Gasteiger partial charge is 0.257 e. The summed E-state index contributed by atoms with van der Waals surface area (Å²) in [6, 6.07) is 7.72. The highest BCUT2D eigenvalue weighted by molar-refractivity contribution is 7.05. The Morgan fingerprint density at radius 3 is 2.92 bits per heavy atom. The van der Waals surface area contributed by atoms with Crippen LogP contribution in [0.5, 0.6) is 0 Å². The minimum atomic E-state index is 0.160. The van der Waals surface area contributed by atoms with E-state index in [4.69, 9.17) is 0 Å². The van der Waals surface area contributed by atoms with Crippen molar-refractivity contribution in [3.8, 4) is 0 Å². The molecule has 1 aromatic carbocycles. The van der Waals surface area contributed by atoms with Crippen LogP contribution in [0.25, 0.3) is 10.9 Å². The predicted molar refractivity (Wildman–Crippen MR) is 51.8 cm³/mol. The molecule has 0 aliphatic carbocycles. The summed E-state index contributed by atoms with van der Waals surface area (Å²) in [6.45, 7) is 2.91. The van der Waals surface area contributed by atoms with Crippen molar-refractivity contribution in [1.82, 2.24) is 3.96 Å². The molecule has 2 aromatic rings. The summed E-state index contributed by atoms with van der Waals surface area (Å²) in [5.41, 5.74) is 1.05. The van der Waals surface area contributed by atoms with E-state index >= 15 is 0 Å². The molecule has 2 rings (SSSR count). The molecule has 0 N–H and O–H groups in total. The molecule has 62 valence electrons. The SMILES string of the molecule is CCn1sc(=O)c2ccccc21. The van der Waals surface area contributed by atoms with Crippen LogP contribution in [0.3, 0.4) is 0 Å². The van der Waals surface area contributed by atoms with Crippen LogP contribution in [0.4, 0.5) is 0 Å². The van der Waals surface area contributed by atoms with Gasteiger partial charge in [0.1, 0.15) is 0 Å². The molecule has 1 heterocycles. The van der Waals surface area contributed by atoms with Gasteiger partial charge in [-0.25, -0.2) is 0 Å². The normalized spacial score (nSPS) is 10.8. The Morgan fingerprint density at radius 1 is 1.42 bits per heavy atom. The van der Waals surface area contributed by atoms with E-state index in [2.05, 4.69) is 0 Å². The van der Waals surface area contributed by atoms with Gasteiger partial charge < -0.3 is 0 Å². The van der Waals surface area contributed by atoms with E-state index in [1.165, 1.54) is 11.5 Å². The Morgan fingerprint density at radius 2 is 2.17 bits per heavy atom. The quantitative estimate of drug-likeness (QED) is 0.657. The number of aryl methyl sites for hydroxylation is 1. The van der Waals surface area contributed by atoms with Gasteiger partial charge >= 0.3 is 0 Å². The van der Waals surface area contributed by atoms with Crippen LogP contribution in [-0.2, 0) is 6.54 Å². The van der Waals surface area contributed by atoms with Crippen molar-refractivity contribution in [3.05, 3.63) is 33.8 Å². The van der Waals surface area contributed by atoms with Crippen LogP contribution in [-0.4, -0.2) is 3.96 Å². The fourth-order valence-electron chi connectivity index (χ4n) is 1.30. The van der Waals surface area contributed by atoms with Gasteiger partial charge in [-0.3, -0.25) is 8.75 Å². The zero-order valence-corrected chi connectivity index (χ0v) is 7.60. The molecule has 0 aliphatic rings. The number of benzene rings is 1. The van der Waals surface area contributed by atoms with E-state index in [1.54, 1.807) is 0 Å². The van der Waals surface area contributed by atoms with Crippen LogP contribution in [0.2, 0.25) is 0 Å². The number of nitrogens with zero attached hydrogens (tertiary/aromatic N) is 1. The van der Waals surface area contributed by atoms with Crippen molar-refractivity contribution in [2.24, 2.45) is 0 Å². The lowest BCUT2D eigenvalue weighted by Gasteiger charge is -1.95. The second-order valence-electron chi connectivity index (χ2n) is 2.59. The molecule has 0 fully saturated rings. The fraction of sp³-hybridized carbons (Fsp3) is 0.222. The third-order valence-electron chi connectivity index (χ3n) is 1.87. The first-order chi connectivity index (χ1) is 5.83. The molecule has 12 heavy (non-hydrogen) atoms. The van der Waals surface area contributed by atoms with Gasteiger partial charge in [0.25, 0.3) is 4.74 Å². The van der Waals surface area contributed by atoms with Crippen molar-refractivity contribution >= 4 is 22.4 Å². The van der Waals surface area contributed by atoms with Crippen molar-refractivity contribution < 1.29 is 0 Å². The van der Waals surface area contributed by atoms with Gasteiger partial charge in [-0.1, -0.05) is 12.1 Å². The molecular formula is C9H9NOS.